The molecule has 0 unspecified atom stereocenters. The molecule has 1 aliphatic heterocycles. The Hall–Kier alpha value is -4.19. The first-order valence-electron chi connectivity index (χ1n) is 13.2. The van der Waals surface area contributed by atoms with Gasteiger partial charge in [0.2, 0.25) is 10.0 Å². The fraction of sp³-hybridized carbons (Fsp3) is 0.267. The SMILES string of the molecule is N=C(N)c1cccc(OC[C@H](Cc2ccc(OC3CCNCC3)cc2)NS(=O)(=O)c2ccc(C=CC(=O)O)cc2)c1. The Morgan fingerprint density at radius 2 is 1.78 bits per heavy atom. The molecule has 10 nitrogen and oxygen atoms in total. The van der Waals surface area contributed by atoms with Crippen LogP contribution in [0.4, 0.5) is 0 Å². The first-order valence-corrected chi connectivity index (χ1v) is 14.7. The number of carbonyl (C=O) groups is 1. The number of nitrogens with two attached hydrogens (primary N) is 1. The van der Waals surface area contributed by atoms with E-state index in [1.54, 1.807) is 24.3 Å². The van der Waals surface area contributed by atoms with Gasteiger partial charge in [0.25, 0.3) is 0 Å². The summed E-state index contributed by atoms with van der Waals surface area (Å²) in [5.41, 5.74) is 7.55. The molecule has 0 spiro atoms. The number of sulfonamides is 1. The highest BCUT2D eigenvalue weighted by Crippen LogP contribution is 2.20. The van der Waals surface area contributed by atoms with Crippen molar-refractivity contribution in [2.24, 2.45) is 5.73 Å². The Kier molecular flexibility index (Phi) is 10.1. The van der Waals surface area contributed by atoms with Gasteiger partial charge in [0.15, 0.2) is 0 Å². The van der Waals surface area contributed by atoms with Crippen molar-refractivity contribution in [1.29, 1.82) is 5.41 Å². The number of rotatable bonds is 13. The highest BCUT2D eigenvalue weighted by molar-refractivity contribution is 7.89. The number of ether oxygens (including phenoxy) is 2. The highest BCUT2D eigenvalue weighted by Gasteiger charge is 2.22. The standard InChI is InChI=1S/C30H34N4O6S/c31-30(32)23-2-1-3-27(19-23)39-20-24(18-22-4-9-25(10-5-22)40-26-14-16-33-17-15-26)34-41(37,38)28-11-6-21(7-12-28)8-13-29(35)36/h1-13,19,24,26,33-34H,14-18,20H2,(H3,31,32)(H,35,36)/t24-/m0/s1. The summed E-state index contributed by atoms with van der Waals surface area (Å²) in [4.78, 5) is 10.8. The van der Waals surface area contributed by atoms with Crippen LogP contribution in [0.15, 0.2) is 83.8 Å². The van der Waals surface area contributed by atoms with Crippen LogP contribution < -0.4 is 25.2 Å². The van der Waals surface area contributed by atoms with Crippen molar-refractivity contribution >= 4 is 27.9 Å². The van der Waals surface area contributed by atoms with E-state index in [1.165, 1.54) is 30.3 Å². The second-order valence-electron chi connectivity index (χ2n) is 9.73. The molecule has 6 N–H and O–H groups in total. The summed E-state index contributed by atoms with van der Waals surface area (Å²) in [6.07, 6.45) is 4.79. The summed E-state index contributed by atoms with van der Waals surface area (Å²) in [6.45, 7) is 1.89. The second-order valence-corrected chi connectivity index (χ2v) is 11.4. The van der Waals surface area contributed by atoms with Crippen molar-refractivity contribution in [3.05, 3.63) is 95.6 Å². The van der Waals surface area contributed by atoms with Crippen molar-refractivity contribution in [2.75, 3.05) is 19.7 Å². The van der Waals surface area contributed by atoms with Crippen LogP contribution in [0.5, 0.6) is 11.5 Å². The van der Waals surface area contributed by atoms with E-state index in [2.05, 4.69) is 10.0 Å². The number of piperidine rings is 1. The minimum Gasteiger partial charge on any atom is -0.492 e. The third-order valence-electron chi connectivity index (χ3n) is 6.52. The van der Waals surface area contributed by atoms with E-state index in [0.29, 0.717) is 23.3 Å². The number of hydrogen-bond acceptors (Lipinski definition) is 7. The van der Waals surface area contributed by atoms with Crippen molar-refractivity contribution in [3.63, 3.8) is 0 Å². The molecule has 3 aromatic rings. The first kappa shape index (κ1) is 29.8. The second kappa shape index (κ2) is 13.9. The van der Waals surface area contributed by atoms with Crippen LogP contribution in [-0.4, -0.2) is 57.2 Å². The number of hydrogen-bond donors (Lipinski definition) is 5. The van der Waals surface area contributed by atoms with Crippen LogP contribution in [0.1, 0.15) is 29.5 Å². The average Bonchev–Trinajstić information content (AvgIpc) is 2.96. The lowest BCUT2D eigenvalue weighted by Gasteiger charge is -2.24. The average molecular weight is 579 g/mol. The molecule has 0 amide bonds. The van der Waals surface area contributed by atoms with Gasteiger partial charge in [-0.1, -0.05) is 36.4 Å². The lowest BCUT2D eigenvalue weighted by Crippen LogP contribution is -2.40. The number of carboxylic acid groups (broad SMARTS) is 1. The monoisotopic (exact) mass is 578 g/mol. The normalized spacial score (nSPS) is 14.9. The molecule has 0 aliphatic carbocycles. The van der Waals surface area contributed by atoms with Gasteiger partial charge in [-0.2, -0.15) is 0 Å². The maximum Gasteiger partial charge on any atom is 0.328 e. The third kappa shape index (κ3) is 9.17. The number of nitrogens with one attached hydrogen (secondary N) is 3. The molecule has 0 bridgehead atoms. The van der Waals surface area contributed by atoms with Gasteiger partial charge >= 0.3 is 5.97 Å². The molecule has 0 saturated carbocycles. The maximum atomic E-state index is 13.3. The predicted octanol–water partition coefficient (Wildman–Crippen LogP) is 3.17. The molecule has 1 saturated heterocycles. The zero-order chi connectivity index (χ0) is 29.2. The lowest BCUT2D eigenvalue weighted by atomic mass is 10.1. The van der Waals surface area contributed by atoms with Crippen LogP contribution >= 0.6 is 0 Å². The zero-order valence-electron chi connectivity index (χ0n) is 22.5. The minimum absolute atomic E-state index is 0.0212. The summed E-state index contributed by atoms with van der Waals surface area (Å²) in [6, 6.07) is 19.6. The summed E-state index contributed by atoms with van der Waals surface area (Å²) in [7, 11) is -3.94. The van der Waals surface area contributed by atoms with E-state index in [-0.39, 0.29) is 23.4 Å². The van der Waals surface area contributed by atoms with E-state index < -0.39 is 22.0 Å². The molecule has 3 aromatic carbocycles. The lowest BCUT2D eigenvalue weighted by molar-refractivity contribution is -0.131. The predicted molar refractivity (Wildman–Crippen MR) is 157 cm³/mol. The largest absolute Gasteiger partial charge is 0.492 e. The van der Waals surface area contributed by atoms with Gasteiger partial charge in [-0.05, 0) is 86.0 Å². The van der Waals surface area contributed by atoms with Crippen LogP contribution in [0.25, 0.3) is 6.08 Å². The molecule has 1 aliphatic rings. The molecular weight excluding hydrogens is 544 g/mol. The quantitative estimate of drug-likeness (QED) is 0.117. The van der Waals surface area contributed by atoms with Crippen LogP contribution in [0, 0.1) is 5.41 Å². The van der Waals surface area contributed by atoms with Crippen molar-refractivity contribution in [3.8, 4) is 11.5 Å². The van der Waals surface area contributed by atoms with Crippen LogP contribution in [-0.2, 0) is 21.2 Å². The van der Waals surface area contributed by atoms with Crippen molar-refractivity contribution in [1.82, 2.24) is 10.0 Å². The third-order valence-corrected chi connectivity index (χ3v) is 8.06. The maximum absolute atomic E-state index is 13.3. The van der Waals surface area contributed by atoms with Crippen molar-refractivity contribution < 1.29 is 27.8 Å². The van der Waals surface area contributed by atoms with E-state index >= 15 is 0 Å². The van der Waals surface area contributed by atoms with Gasteiger partial charge in [-0.3, -0.25) is 5.41 Å². The molecule has 1 atom stereocenters. The topological polar surface area (TPSA) is 164 Å². The fourth-order valence-corrected chi connectivity index (χ4v) is 5.61. The summed E-state index contributed by atoms with van der Waals surface area (Å²) < 4.78 is 41.4. The number of nitrogen functional groups attached to an aromatic ring is 1. The molecule has 41 heavy (non-hydrogen) atoms. The van der Waals surface area contributed by atoms with Gasteiger partial charge in [-0.15, -0.1) is 0 Å². The van der Waals surface area contributed by atoms with Gasteiger partial charge in [0.1, 0.15) is 30.0 Å². The number of carboxylic acids is 1. The number of benzene rings is 3. The molecular formula is C30H34N4O6S. The van der Waals surface area contributed by atoms with Gasteiger partial charge < -0.3 is 25.6 Å². The minimum atomic E-state index is -3.94. The molecule has 0 radical (unpaired) electrons. The van der Waals surface area contributed by atoms with Gasteiger partial charge in [-0.25, -0.2) is 17.9 Å². The Balaban J connectivity index is 1.49. The summed E-state index contributed by atoms with van der Waals surface area (Å²) >= 11 is 0. The summed E-state index contributed by atoms with van der Waals surface area (Å²) in [5, 5.41) is 19.8. The zero-order valence-corrected chi connectivity index (χ0v) is 23.3. The van der Waals surface area contributed by atoms with E-state index in [0.717, 1.165) is 43.3 Å². The van der Waals surface area contributed by atoms with E-state index in [9.17, 15) is 13.2 Å². The molecule has 216 valence electrons. The molecule has 1 heterocycles. The molecule has 4 rings (SSSR count). The van der Waals surface area contributed by atoms with Gasteiger partial charge in [0.05, 0.1) is 10.9 Å². The van der Waals surface area contributed by atoms with Crippen LogP contribution in [0.2, 0.25) is 0 Å². The van der Waals surface area contributed by atoms with Crippen LogP contribution in [0.3, 0.4) is 0 Å². The van der Waals surface area contributed by atoms with Crippen molar-refractivity contribution in [2.45, 2.75) is 36.3 Å². The molecule has 0 aromatic heterocycles. The first-order chi connectivity index (χ1) is 19.7. The summed E-state index contributed by atoms with van der Waals surface area (Å²) in [5.74, 6) is 0.0429. The molecule has 11 heteroatoms. The van der Waals surface area contributed by atoms with Gasteiger partial charge in [0, 0.05) is 11.6 Å². The number of amidine groups is 1. The molecule has 1 fully saturated rings. The van der Waals surface area contributed by atoms with E-state index in [1.807, 2.05) is 24.3 Å². The van der Waals surface area contributed by atoms with E-state index in [4.69, 9.17) is 25.7 Å². The Morgan fingerprint density at radius 1 is 1.07 bits per heavy atom. The number of aliphatic carboxylic acids is 1. The smallest absolute Gasteiger partial charge is 0.328 e. The Bertz CT molecular complexity index is 1470. The fourth-order valence-electron chi connectivity index (χ4n) is 4.39. The Labute approximate surface area is 239 Å². The highest BCUT2D eigenvalue weighted by atomic mass is 32.2. The Morgan fingerprint density at radius 3 is 2.44 bits per heavy atom.